The summed E-state index contributed by atoms with van der Waals surface area (Å²) in [6.45, 7) is 5.95. The van der Waals surface area contributed by atoms with Gasteiger partial charge in [0.2, 0.25) is 0 Å². The molecule has 4 aliphatic rings. The van der Waals surface area contributed by atoms with E-state index in [1.807, 2.05) is 10.8 Å². The van der Waals surface area contributed by atoms with E-state index in [9.17, 15) is 27.6 Å². The third kappa shape index (κ3) is 8.05. The molecule has 49 heavy (non-hydrogen) atoms. The molecule has 1 atom stereocenters. The number of ether oxygens (including phenoxy) is 1. The topological polar surface area (TPSA) is 101 Å². The zero-order valence-electron chi connectivity index (χ0n) is 27.7. The Morgan fingerprint density at radius 1 is 1.00 bits per heavy atom. The van der Waals surface area contributed by atoms with Crippen LogP contribution in [0.5, 0.6) is 0 Å². The fraction of sp³-hybridized carbons (Fsp3) is 0.606. The summed E-state index contributed by atoms with van der Waals surface area (Å²) in [5.74, 6) is -0.431. The van der Waals surface area contributed by atoms with Gasteiger partial charge in [0.15, 0.2) is 6.10 Å². The van der Waals surface area contributed by atoms with Gasteiger partial charge in [-0.15, -0.1) is 11.3 Å². The van der Waals surface area contributed by atoms with Gasteiger partial charge in [-0.3, -0.25) is 9.69 Å². The highest BCUT2D eigenvalue weighted by Gasteiger charge is 2.39. The number of likely N-dealkylation sites (tertiary alicyclic amines) is 2. The molecule has 0 saturated carbocycles. The number of piperidine rings is 2. The van der Waals surface area contributed by atoms with Gasteiger partial charge in [0, 0.05) is 88.9 Å². The summed E-state index contributed by atoms with van der Waals surface area (Å²) in [5.41, 5.74) is 0.802. The maximum Gasteiger partial charge on any atom is 0.418 e. The second-order valence-electron chi connectivity index (χ2n) is 13.3. The third-order valence-electron chi connectivity index (χ3n) is 10.2. The summed E-state index contributed by atoms with van der Waals surface area (Å²) in [5, 5.41) is 9.21. The standard InChI is InChI=1S/C33H43ClF3N7O4S/c1-38-29-25(33(35,36)37)15-21(16-26(29)34)17-28(30(45)42-7-3-23(4-8-42)41-13-11-40(2)12-14-41)48-32(47)43-9-5-24(6-10-43)44-18-22-19-49-20-27(22)39-31(44)46/h15-16,19-20,23-24,28,38H,3-14,17-18H2,1-2H3,(H,39,46)/t28-/m1/s1. The van der Waals surface area contributed by atoms with Gasteiger partial charge in [-0.1, -0.05) is 11.6 Å². The largest absolute Gasteiger partial charge is 0.436 e. The molecular weight excluding hydrogens is 683 g/mol. The van der Waals surface area contributed by atoms with Gasteiger partial charge in [-0.25, -0.2) is 9.59 Å². The van der Waals surface area contributed by atoms with Crippen LogP contribution in [-0.4, -0.2) is 127 Å². The van der Waals surface area contributed by atoms with Crippen molar-refractivity contribution in [2.24, 2.45) is 0 Å². The Balaban J connectivity index is 1.14. The Hall–Kier alpha value is -3.27. The number of thiophene rings is 1. The van der Waals surface area contributed by atoms with Crippen LogP contribution < -0.4 is 10.6 Å². The molecule has 0 unspecified atom stereocenters. The SMILES string of the molecule is CNc1c(Cl)cc(C[C@@H](OC(=O)N2CCC(N3Cc4cscc4NC3=O)CC2)C(=O)N2CCC(N3CCN(C)CC3)CC2)cc1C(F)(F)F. The van der Waals surface area contributed by atoms with Crippen LogP contribution >= 0.6 is 22.9 Å². The number of benzene rings is 1. The second kappa shape index (κ2) is 14.9. The number of amides is 4. The number of anilines is 2. The highest BCUT2D eigenvalue weighted by Crippen LogP contribution is 2.40. The number of hydrogen-bond donors (Lipinski definition) is 2. The van der Waals surface area contributed by atoms with Crippen molar-refractivity contribution in [1.82, 2.24) is 24.5 Å². The molecule has 5 heterocycles. The lowest BCUT2D eigenvalue weighted by Crippen LogP contribution is -2.54. The summed E-state index contributed by atoms with van der Waals surface area (Å²) < 4.78 is 47.9. The van der Waals surface area contributed by atoms with E-state index in [1.54, 1.807) is 9.80 Å². The van der Waals surface area contributed by atoms with E-state index in [0.29, 0.717) is 51.6 Å². The van der Waals surface area contributed by atoms with Crippen molar-refractivity contribution in [3.05, 3.63) is 44.6 Å². The molecule has 6 rings (SSSR count). The summed E-state index contributed by atoms with van der Waals surface area (Å²) in [4.78, 5) is 50.0. The van der Waals surface area contributed by atoms with Crippen LogP contribution in [0.25, 0.3) is 0 Å². The molecule has 0 radical (unpaired) electrons. The van der Waals surface area contributed by atoms with Gasteiger partial charge in [-0.05, 0) is 55.8 Å². The molecule has 0 bridgehead atoms. The lowest BCUT2D eigenvalue weighted by atomic mass is 9.99. The van der Waals surface area contributed by atoms with Gasteiger partial charge in [-0.2, -0.15) is 13.2 Å². The van der Waals surface area contributed by atoms with E-state index < -0.39 is 29.8 Å². The Labute approximate surface area is 293 Å². The Morgan fingerprint density at radius 2 is 1.65 bits per heavy atom. The Bertz CT molecular complexity index is 1520. The molecule has 2 N–H and O–H groups in total. The predicted molar refractivity (Wildman–Crippen MR) is 182 cm³/mol. The quantitative estimate of drug-likeness (QED) is 0.402. The lowest BCUT2D eigenvalue weighted by Gasteiger charge is -2.42. The van der Waals surface area contributed by atoms with E-state index in [2.05, 4.69) is 27.5 Å². The number of hydrogen-bond acceptors (Lipinski definition) is 8. The molecule has 16 heteroatoms. The molecule has 3 saturated heterocycles. The van der Waals surface area contributed by atoms with E-state index in [1.165, 1.54) is 29.4 Å². The zero-order chi connectivity index (χ0) is 34.9. The third-order valence-corrected chi connectivity index (χ3v) is 11.3. The minimum atomic E-state index is -4.69. The highest BCUT2D eigenvalue weighted by molar-refractivity contribution is 7.08. The molecule has 4 aliphatic heterocycles. The number of alkyl halides is 3. The smallest absolute Gasteiger partial charge is 0.418 e. The minimum absolute atomic E-state index is 0.0789. The first-order valence-electron chi connectivity index (χ1n) is 16.8. The van der Waals surface area contributed by atoms with Crippen LogP contribution in [0.2, 0.25) is 5.02 Å². The molecule has 268 valence electrons. The summed E-state index contributed by atoms with van der Waals surface area (Å²) in [6, 6.07) is 2.43. The van der Waals surface area contributed by atoms with E-state index in [0.717, 1.165) is 56.3 Å². The van der Waals surface area contributed by atoms with Crippen molar-refractivity contribution in [2.45, 2.75) is 63.0 Å². The first kappa shape index (κ1) is 35.6. The summed E-state index contributed by atoms with van der Waals surface area (Å²) >= 11 is 7.80. The Morgan fingerprint density at radius 3 is 2.31 bits per heavy atom. The van der Waals surface area contributed by atoms with Crippen molar-refractivity contribution < 1.29 is 32.3 Å². The van der Waals surface area contributed by atoms with Gasteiger partial charge >= 0.3 is 18.3 Å². The number of fused-ring (bicyclic) bond motifs is 1. The molecule has 1 aromatic heterocycles. The van der Waals surface area contributed by atoms with Crippen LogP contribution in [-0.2, 0) is 28.7 Å². The molecular formula is C33H43ClF3N7O4S. The van der Waals surface area contributed by atoms with Crippen molar-refractivity contribution in [3.63, 3.8) is 0 Å². The van der Waals surface area contributed by atoms with Gasteiger partial charge < -0.3 is 35.0 Å². The molecule has 0 aliphatic carbocycles. The number of piperazine rings is 1. The molecule has 4 amide bonds. The fourth-order valence-electron chi connectivity index (χ4n) is 7.34. The van der Waals surface area contributed by atoms with Gasteiger partial charge in [0.25, 0.3) is 5.91 Å². The Kier molecular flexibility index (Phi) is 10.8. The number of carbonyl (C=O) groups is 3. The van der Waals surface area contributed by atoms with Crippen molar-refractivity contribution >= 4 is 52.3 Å². The lowest BCUT2D eigenvalue weighted by molar-refractivity contribution is -0.142. The number of nitrogens with one attached hydrogen (secondary N) is 2. The normalized spacial score (nSPS) is 20.9. The molecule has 3 fully saturated rings. The summed E-state index contributed by atoms with van der Waals surface area (Å²) in [7, 11) is 3.46. The van der Waals surface area contributed by atoms with Gasteiger partial charge in [0.1, 0.15) is 0 Å². The van der Waals surface area contributed by atoms with Crippen LogP contribution in [0.1, 0.15) is 42.4 Å². The van der Waals surface area contributed by atoms with E-state index in [-0.39, 0.29) is 34.8 Å². The number of rotatable bonds is 7. The fourth-order valence-corrected chi connectivity index (χ4v) is 8.46. The maximum atomic E-state index is 14.0. The molecule has 11 nitrogen and oxygen atoms in total. The average Bonchev–Trinajstić information content (AvgIpc) is 3.54. The predicted octanol–water partition coefficient (Wildman–Crippen LogP) is 5.26. The van der Waals surface area contributed by atoms with E-state index >= 15 is 0 Å². The average molecular weight is 726 g/mol. The monoisotopic (exact) mass is 725 g/mol. The number of halogens is 4. The molecule has 1 aromatic carbocycles. The zero-order valence-corrected chi connectivity index (χ0v) is 29.3. The van der Waals surface area contributed by atoms with Crippen molar-refractivity contribution in [2.75, 3.05) is 77.1 Å². The first-order chi connectivity index (χ1) is 23.4. The molecule has 0 spiro atoms. The van der Waals surface area contributed by atoms with E-state index in [4.69, 9.17) is 16.3 Å². The molecule has 2 aromatic rings. The maximum absolute atomic E-state index is 14.0. The van der Waals surface area contributed by atoms with Crippen LogP contribution in [0.15, 0.2) is 22.9 Å². The number of likely N-dealkylation sites (N-methyl/N-ethyl adjacent to an activating group) is 1. The second-order valence-corrected chi connectivity index (χ2v) is 14.5. The minimum Gasteiger partial charge on any atom is -0.436 e. The van der Waals surface area contributed by atoms with Crippen LogP contribution in [0.3, 0.4) is 0 Å². The first-order valence-corrected chi connectivity index (χ1v) is 18.1. The number of nitrogens with zero attached hydrogens (tertiary/aromatic N) is 5. The van der Waals surface area contributed by atoms with Crippen molar-refractivity contribution in [3.8, 4) is 0 Å². The van der Waals surface area contributed by atoms with Crippen molar-refractivity contribution in [1.29, 1.82) is 0 Å². The summed E-state index contributed by atoms with van der Waals surface area (Å²) in [6.07, 6.45) is -4.42. The number of urea groups is 1. The highest BCUT2D eigenvalue weighted by atomic mass is 35.5. The van der Waals surface area contributed by atoms with Crippen LogP contribution in [0, 0.1) is 0 Å². The van der Waals surface area contributed by atoms with Crippen LogP contribution in [0.4, 0.5) is 34.1 Å². The number of carbonyl (C=O) groups excluding carboxylic acids is 3. The van der Waals surface area contributed by atoms with Gasteiger partial charge in [0.05, 0.1) is 28.5 Å².